The van der Waals surface area contributed by atoms with Gasteiger partial charge in [0, 0.05) is 24.2 Å². The smallest absolute Gasteiger partial charge is 0.224 e. The Labute approximate surface area is 119 Å². The number of rotatable bonds is 3. The molecule has 0 saturated carbocycles. The van der Waals surface area contributed by atoms with Crippen LogP contribution in [-0.2, 0) is 5.41 Å². The fourth-order valence-electron chi connectivity index (χ4n) is 1.58. The number of ether oxygens (including phenoxy) is 1. The Morgan fingerprint density at radius 2 is 1.90 bits per heavy atom. The molecule has 2 rings (SSSR count). The van der Waals surface area contributed by atoms with Crippen LogP contribution in [0.3, 0.4) is 0 Å². The van der Waals surface area contributed by atoms with Gasteiger partial charge in [0.05, 0.1) is 6.20 Å². The minimum atomic E-state index is -0.142. The Balaban J connectivity index is 2.33. The van der Waals surface area contributed by atoms with Crippen LogP contribution >= 0.6 is 0 Å². The minimum absolute atomic E-state index is 0.142. The number of hydrogen-bond donors (Lipinski definition) is 1. The molecule has 2 heterocycles. The molecule has 1 N–H and O–H groups in total. The summed E-state index contributed by atoms with van der Waals surface area (Å²) in [7, 11) is 1.83. The second-order valence-corrected chi connectivity index (χ2v) is 5.65. The van der Waals surface area contributed by atoms with E-state index in [1.807, 2.05) is 26.1 Å². The van der Waals surface area contributed by atoms with E-state index in [1.165, 1.54) is 0 Å². The van der Waals surface area contributed by atoms with E-state index in [0.717, 1.165) is 17.3 Å². The lowest BCUT2D eigenvalue weighted by atomic mass is 9.96. The summed E-state index contributed by atoms with van der Waals surface area (Å²) in [5.74, 6) is 2.65. The molecule has 0 radical (unpaired) electrons. The summed E-state index contributed by atoms with van der Waals surface area (Å²) in [6.07, 6.45) is 1.69. The highest BCUT2D eigenvalue weighted by molar-refractivity contribution is 5.40. The molecule has 0 atom stereocenters. The summed E-state index contributed by atoms with van der Waals surface area (Å²) < 4.78 is 5.76. The van der Waals surface area contributed by atoms with Crippen molar-refractivity contribution in [1.82, 2.24) is 15.0 Å². The van der Waals surface area contributed by atoms with Crippen molar-refractivity contribution < 1.29 is 4.74 Å². The van der Waals surface area contributed by atoms with E-state index in [9.17, 15) is 0 Å². The molecule has 5 heteroatoms. The van der Waals surface area contributed by atoms with E-state index in [0.29, 0.717) is 11.6 Å². The second kappa shape index (κ2) is 5.45. The van der Waals surface area contributed by atoms with Crippen molar-refractivity contribution in [2.45, 2.75) is 33.1 Å². The molecule has 2 aromatic rings. The van der Waals surface area contributed by atoms with Gasteiger partial charge in [0.15, 0.2) is 0 Å². The summed E-state index contributed by atoms with van der Waals surface area (Å²) in [6.45, 7) is 8.14. The van der Waals surface area contributed by atoms with Gasteiger partial charge in [-0.3, -0.25) is 4.98 Å². The van der Waals surface area contributed by atoms with Crippen molar-refractivity contribution in [3.05, 3.63) is 35.9 Å². The first-order valence-electron chi connectivity index (χ1n) is 6.56. The molecule has 0 aromatic carbocycles. The summed E-state index contributed by atoms with van der Waals surface area (Å²) in [4.78, 5) is 13.1. The SMILES string of the molecule is CNc1cc(Oc2ccc(C)nc2)nc(C(C)(C)C)n1. The quantitative estimate of drug-likeness (QED) is 0.928. The fourth-order valence-corrected chi connectivity index (χ4v) is 1.58. The minimum Gasteiger partial charge on any atom is -0.437 e. The van der Waals surface area contributed by atoms with Gasteiger partial charge >= 0.3 is 0 Å². The number of hydrogen-bond acceptors (Lipinski definition) is 5. The van der Waals surface area contributed by atoms with Crippen LogP contribution in [0.25, 0.3) is 0 Å². The summed E-state index contributed by atoms with van der Waals surface area (Å²) in [5.41, 5.74) is 0.808. The molecule has 2 aromatic heterocycles. The zero-order chi connectivity index (χ0) is 14.8. The van der Waals surface area contributed by atoms with E-state index in [-0.39, 0.29) is 5.41 Å². The van der Waals surface area contributed by atoms with Gasteiger partial charge in [0.1, 0.15) is 17.4 Å². The zero-order valence-electron chi connectivity index (χ0n) is 12.6. The normalized spacial score (nSPS) is 11.2. The Kier molecular flexibility index (Phi) is 3.88. The van der Waals surface area contributed by atoms with Gasteiger partial charge in [-0.05, 0) is 19.1 Å². The standard InChI is InChI=1S/C15H20N4O/c1-10-6-7-11(9-17-10)20-13-8-12(16-5)18-14(19-13)15(2,3)4/h6-9H,1-5H3,(H,16,18,19). The summed E-state index contributed by atoms with van der Waals surface area (Å²) in [6, 6.07) is 5.55. The first-order valence-corrected chi connectivity index (χ1v) is 6.56. The summed E-state index contributed by atoms with van der Waals surface area (Å²) in [5, 5.41) is 3.03. The molecular formula is C15H20N4O. The molecule has 0 spiro atoms. The van der Waals surface area contributed by atoms with E-state index in [4.69, 9.17) is 4.74 Å². The molecule has 0 saturated heterocycles. The number of nitrogens with one attached hydrogen (secondary N) is 1. The highest BCUT2D eigenvalue weighted by atomic mass is 16.5. The Hall–Kier alpha value is -2.17. The third-order valence-corrected chi connectivity index (χ3v) is 2.74. The first kappa shape index (κ1) is 14.2. The van der Waals surface area contributed by atoms with E-state index < -0.39 is 0 Å². The van der Waals surface area contributed by atoms with Crippen LogP contribution in [0.15, 0.2) is 24.4 Å². The molecule has 5 nitrogen and oxygen atoms in total. The number of pyridine rings is 1. The number of nitrogens with zero attached hydrogens (tertiary/aromatic N) is 3. The fraction of sp³-hybridized carbons (Fsp3) is 0.400. The van der Waals surface area contributed by atoms with Crippen LogP contribution in [0.4, 0.5) is 5.82 Å². The third kappa shape index (κ3) is 3.44. The van der Waals surface area contributed by atoms with Crippen LogP contribution in [0, 0.1) is 6.92 Å². The van der Waals surface area contributed by atoms with Crippen LogP contribution < -0.4 is 10.1 Å². The maximum atomic E-state index is 5.76. The molecular weight excluding hydrogens is 252 g/mol. The van der Waals surface area contributed by atoms with Crippen molar-refractivity contribution >= 4 is 5.82 Å². The molecule has 0 bridgehead atoms. The number of anilines is 1. The number of aromatic nitrogens is 3. The average molecular weight is 272 g/mol. The average Bonchev–Trinajstić information content (AvgIpc) is 2.40. The van der Waals surface area contributed by atoms with Crippen molar-refractivity contribution in [3.8, 4) is 11.6 Å². The van der Waals surface area contributed by atoms with Gasteiger partial charge in [-0.25, -0.2) is 4.98 Å². The number of aryl methyl sites for hydroxylation is 1. The molecule has 0 aliphatic carbocycles. The molecule has 106 valence electrons. The Morgan fingerprint density at radius 3 is 2.45 bits per heavy atom. The van der Waals surface area contributed by atoms with E-state index in [2.05, 4.69) is 41.0 Å². The molecule has 0 aliphatic heterocycles. The molecule has 0 fully saturated rings. The van der Waals surface area contributed by atoms with Gasteiger partial charge in [-0.1, -0.05) is 20.8 Å². The predicted molar refractivity (Wildman–Crippen MR) is 79.3 cm³/mol. The third-order valence-electron chi connectivity index (χ3n) is 2.74. The van der Waals surface area contributed by atoms with Gasteiger partial charge in [-0.2, -0.15) is 4.98 Å². The zero-order valence-corrected chi connectivity index (χ0v) is 12.6. The predicted octanol–water partition coefficient (Wildman–Crippen LogP) is 3.31. The second-order valence-electron chi connectivity index (χ2n) is 5.65. The van der Waals surface area contributed by atoms with Crippen LogP contribution in [0.2, 0.25) is 0 Å². The van der Waals surface area contributed by atoms with E-state index >= 15 is 0 Å². The highest BCUT2D eigenvalue weighted by Crippen LogP contribution is 2.26. The van der Waals surface area contributed by atoms with Gasteiger partial charge in [0.2, 0.25) is 5.88 Å². The van der Waals surface area contributed by atoms with Gasteiger partial charge in [0.25, 0.3) is 0 Å². The molecule has 0 amide bonds. The van der Waals surface area contributed by atoms with Crippen LogP contribution in [-0.4, -0.2) is 22.0 Å². The lowest BCUT2D eigenvalue weighted by Gasteiger charge is -2.18. The molecule has 20 heavy (non-hydrogen) atoms. The largest absolute Gasteiger partial charge is 0.437 e. The maximum Gasteiger partial charge on any atom is 0.224 e. The Morgan fingerprint density at radius 1 is 1.15 bits per heavy atom. The monoisotopic (exact) mass is 272 g/mol. The van der Waals surface area contributed by atoms with E-state index in [1.54, 1.807) is 12.3 Å². The van der Waals surface area contributed by atoms with Crippen LogP contribution in [0.5, 0.6) is 11.6 Å². The Bertz CT molecular complexity index is 588. The first-order chi connectivity index (χ1) is 9.38. The highest BCUT2D eigenvalue weighted by Gasteiger charge is 2.19. The van der Waals surface area contributed by atoms with Crippen LogP contribution in [0.1, 0.15) is 32.3 Å². The molecule has 0 aliphatic rings. The van der Waals surface area contributed by atoms with Gasteiger partial charge in [-0.15, -0.1) is 0 Å². The lowest BCUT2D eigenvalue weighted by molar-refractivity contribution is 0.444. The van der Waals surface area contributed by atoms with Gasteiger partial charge < -0.3 is 10.1 Å². The summed E-state index contributed by atoms with van der Waals surface area (Å²) >= 11 is 0. The van der Waals surface area contributed by atoms with Crippen molar-refractivity contribution in [2.75, 3.05) is 12.4 Å². The van der Waals surface area contributed by atoms with Crippen molar-refractivity contribution in [1.29, 1.82) is 0 Å². The topological polar surface area (TPSA) is 59.9 Å². The van der Waals surface area contributed by atoms with Crippen molar-refractivity contribution in [3.63, 3.8) is 0 Å². The lowest BCUT2D eigenvalue weighted by Crippen LogP contribution is -2.17. The molecule has 0 unspecified atom stereocenters. The maximum absolute atomic E-state index is 5.76. The van der Waals surface area contributed by atoms with Crippen molar-refractivity contribution in [2.24, 2.45) is 0 Å².